The quantitative estimate of drug-likeness (QED) is 0.363. The van der Waals surface area contributed by atoms with Crippen LogP contribution in [0.4, 0.5) is 0 Å². The number of thiol groups is 1. The summed E-state index contributed by atoms with van der Waals surface area (Å²) in [7, 11) is 0. The van der Waals surface area contributed by atoms with Crippen LogP contribution >= 0.6 is 12.6 Å². The summed E-state index contributed by atoms with van der Waals surface area (Å²) in [6, 6.07) is 0. The smallest absolute Gasteiger partial charge is 0.229 e. The number of carbonyl (C=O) groups excluding carboxylic acids is 2. The van der Waals surface area contributed by atoms with E-state index in [2.05, 4.69) is 17.9 Å². The first-order valence-corrected chi connectivity index (χ1v) is 3.46. The molecule has 0 atom stereocenters. The highest BCUT2D eigenvalue weighted by Gasteiger charge is 2.02. The standard InChI is InChI=1S/C5H10N2O2S/c6-4(8)3-5(9)7-1-2-10/h10H,1-3H2,(H2,6,8)(H,7,9). The normalized spacial score (nSPS) is 8.90. The topological polar surface area (TPSA) is 72.2 Å². The van der Waals surface area contributed by atoms with Crippen LogP contribution in [0.15, 0.2) is 0 Å². The van der Waals surface area contributed by atoms with E-state index in [0.29, 0.717) is 12.3 Å². The van der Waals surface area contributed by atoms with Crippen LogP contribution in [0.3, 0.4) is 0 Å². The minimum absolute atomic E-state index is 0.242. The Morgan fingerprint density at radius 2 is 2.10 bits per heavy atom. The molecule has 3 N–H and O–H groups in total. The van der Waals surface area contributed by atoms with Crippen LogP contribution in [0, 0.1) is 0 Å². The van der Waals surface area contributed by atoms with E-state index in [9.17, 15) is 9.59 Å². The predicted octanol–water partition coefficient (Wildman–Crippen LogP) is -1.09. The summed E-state index contributed by atoms with van der Waals surface area (Å²) >= 11 is 3.85. The second-order valence-corrected chi connectivity index (χ2v) is 2.16. The van der Waals surface area contributed by atoms with Gasteiger partial charge in [-0.3, -0.25) is 9.59 Å². The average molecular weight is 162 g/mol. The van der Waals surface area contributed by atoms with Gasteiger partial charge in [-0.2, -0.15) is 12.6 Å². The van der Waals surface area contributed by atoms with Crippen LogP contribution in [0.1, 0.15) is 6.42 Å². The molecule has 0 rings (SSSR count). The molecule has 0 unspecified atom stereocenters. The SMILES string of the molecule is NC(=O)CC(=O)NCCS. The summed E-state index contributed by atoms with van der Waals surface area (Å²) in [5.74, 6) is -0.400. The monoisotopic (exact) mass is 162 g/mol. The van der Waals surface area contributed by atoms with Gasteiger partial charge in [-0.25, -0.2) is 0 Å². The fraction of sp³-hybridized carbons (Fsp3) is 0.600. The third kappa shape index (κ3) is 5.43. The van der Waals surface area contributed by atoms with Gasteiger partial charge in [0.05, 0.1) is 0 Å². The fourth-order valence-electron chi connectivity index (χ4n) is 0.416. The number of carbonyl (C=O) groups is 2. The molecule has 4 nitrogen and oxygen atoms in total. The van der Waals surface area contributed by atoms with Gasteiger partial charge < -0.3 is 11.1 Å². The zero-order valence-electron chi connectivity index (χ0n) is 5.46. The molecule has 0 aromatic rings. The lowest BCUT2D eigenvalue weighted by molar-refractivity contribution is -0.127. The first-order chi connectivity index (χ1) is 4.66. The third-order valence-electron chi connectivity index (χ3n) is 0.769. The van der Waals surface area contributed by atoms with Crippen molar-refractivity contribution >= 4 is 24.4 Å². The lowest BCUT2D eigenvalue weighted by atomic mass is 10.4. The molecule has 0 bridgehead atoms. The fourth-order valence-corrected chi connectivity index (χ4v) is 0.528. The highest BCUT2D eigenvalue weighted by molar-refractivity contribution is 7.80. The number of primary amides is 1. The molecule has 0 fully saturated rings. The Balaban J connectivity index is 3.35. The summed E-state index contributed by atoms with van der Waals surface area (Å²) in [5.41, 5.74) is 4.75. The minimum Gasteiger partial charge on any atom is -0.369 e. The van der Waals surface area contributed by atoms with E-state index in [1.54, 1.807) is 0 Å². The molecule has 0 heterocycles. The second-order valence-electron chi connectivity index (χ2n) is 1.72. The summed E-state index contributed by atoms with van der Waals surface area (Å²) in [5, 5.41) is 2.45. The van der Waals surface area contributed by atoms with Crippen molar-refractivity contribution in [1.82, 2.24) is 5.32 Å². The molecule has 0 spiro atoms. The van der Waals surface area contributed by atoms with E-state index in [1.807, 2.05) is 0 Å². The first-order valence-electron chi connectivity index (χ1n) is 2.82. The number of nitrogens with one attached hydrogen (secondary N) is 1. The van der Waals surface area contributed by atoms with E-state index in [-0.39, 0.29) is 12.3 Å². The van der Waals surface area contributed by atoms with Crippen molar-refractivity contribution in [3.05, 3.63) is 0 Å². The van der Waals surface area contributed by atoms with Gasteiger partial charge in [0.15, 0.2) is 0 Å². The van der Waals surface area contributed by atoms with Gasteiger partial charge in [-0.15, -0.1) is 0 Å². The second kappa shape index (κ2) is 5.10. The Kier molecular flexibility index (Phi) is 4.74. The molecular weight excluding hydrogens is 152 g/mol. The highest BCUT2D eigenvalue weighted by Crippen LogP contribution is 1.76. The molecule has 0 aliphatic carbocycles. The molecule has 0 radical (unpaired) electrons. The van der Waals surface area contributed by atoms with Crippen LogP contribution in [0.5, 0.6) is 0 Å². The maximum Gasteiger partial charge on any atom is 0.229 e. The largest absolute Gasteiger partial charge is 0.369 e. The van der Waals surface area contributed by atoms with Crippen LogP contribution in [0.25, 0.3) is 0 Å². The molecule has 0 aliphatic rings. The van der Waals surface area contributed by atoms with E-state index < -0.39 is 5.91 Å². The molecule has 0 saturated heterocycles. The zero-order chi connectivity index (χ0) is 7.98. The van der Waals surface area contributed by atoms with Crippen molar-refractivity contribution in [2.45, 2.75) is 6.42 Å². The summed E-state index contributed by atoms with van der Waals surface area (Å²) in [6.45, 7) is 0.467. The lowest BCUT2D eigenvalue weighted by Crippen LogP contribution is -2.29. The van der Waals surface area contributed by atoms with E-state index in [1.165, 1.54) is 0 Å². The van der Waals surface area contributed by atoms with Gasteiger partial charge in [0.1, 0.15) is 6.42 Å². The van der Waals surface area contributed by atoms with Gasteiger partial charge in [0.2, 0.25) is 11.8 Å². The van der Waals surface area contributed by atoms with Gasteiger partial charge in [0.25, 0.3) is 0 Å². The molecule has 5 heteroatoms. The molecule has 0 aliphatic heterocycles. The number of nitrogens with two attached hydrogens (primary N) is 1. The zero-order valence-corrected chi connectivity index (χ0v) is 6.36. The van der Waals surface area contributed by atoms with E-state index >= 15 is 0 Å². The van der Waals surface area contributed by atoms with E-state index in [0.717, 1.165) is 0 Å². The van der Waals surface area contributed by atoms with Crippen LogP contribution in [-0.4, -0.2) is 24.1 Å². The Morgan fingerprint density at radius 1 is 1.50 bits per heavy atom. The highest BCUT2D eigenvalue weighted by atomic mass is 32.1. The minimum atomic E-state index is -0.614. The van der Waals surface area contributed by atoms with Crippen molar-refractivity contribution in [3.63, 3.8) is 0 Å². The van der Waals surface area contributed by atoms with Crippen LogP contribution in [-0.2, 0) is 9.59 Å². The Morgan fingerprint density at radius 3 is 2.50 bits per heavy atom. The molecule has 2 amide bonds. The maximum absolute atomic E-state index is 10.6. The van der Waals surface area contributed by atoms with Gasteiger partial charge in [-0.1, -0.05) is 0 Å². The van der Waals surface area contributed by atoms with Crippen molar-refractivity contribution in [2.75, 3.05) is 12.3 Å². The molecule has 0 saturated carbocycles. The molecular formula is C5H10N2O2S. The molecule has 0 aromatic carbocycles. The molecule has 58 valence electrons. The van der Waals surface area contributed by atoms with Gasteiger partial charge in [0, 0.05) is 12.3 Å². The molecule has 10 heavy (non-hydrogen) atoms. The molecule has 0 aromatic heterocycles. The van der Waals surface area contributed by atoms with Crippen molar-refractivity contribution < 1.29 is 9.59 Å². The number of hydrogen-bond acceptors (Lipinski definition) is 3. The summed E-state index contributed by atoms with van der Waals surface area (Å²) < 4.78 is 0. The number of amides is 2. The average Bonchev–Trinajstić information content (AvgIpc) is 1.82. The first kappa shape index (κ1) is 9.29. The lowest BCUT2D eigenvalue weighted by Gasteiger charge is -1.98. The van der Waals surface area contributed by atoms with E-state index in [4.69, 9.17) is 5.73 Å². The van der Waals surface area contributed by atoms with Crippen molar-refractivity contribution in [1.29, 1.82) is 0 Å². The number of rotatable bonds is 4. The maximum atomic E-state index is 10.6. The summed E-state index contributed by atoms with van der Waals surface area (Å²) in [6.07, 6.45) is -0.242. The summed E-state index contributed by atoms with van der Waals surface area (Å²) in [4.78, 5) is 20.7. The Bertz CT molecular complexity index is 138. The predicted molar refractivity (Wildman–Crippen MR) is 40.7 cm³/mol. The number of hydrogen-bond donors (Lipinski definition) is 3. The van der Waals surface area contributed by atoms with Gasteiger partial charge >= 0.3 is 0 Å². The van der Waals surface area contributed by atoms with Crippen molar-refractivity contribution in [3.8, 4) is 0 Å². The Labute approximate surface area is 64.6 Å². The van der Waals surface area contributed by atoms with Crippen LogP contribution in [0.2, 0.25) is 0 Å². The Hall–Kier alpha value is -0.710. The van der Waals surface area contributed by atoms with Crippen molar-refractivity contribution in [2.24, 2.45) is 5.73 Å². The third-order valence-corrected chi connectivity index (χ3v) is 0.992. The van der Waals surface area contributed by atoms with Crippen LogP contribution < -0.4 is 11.1 Å². The van der Waals surface area contributed by atoms with Gasteiger partial charge in [-0.05, 0) is 0 Å².